The van der Waals surface area contributed by atoms with Gasteiger partial charge in [0.2, 0.25) is 0 Å². The van der Waals surface area contributed by atoms with Gasteiger partial charge in [0.15, 0.2) is 0 Å². The van der Waals surface area contributed by atoms with Gasteiger partial charge in [-0.2, -0.15) is 0 Å². The summed E-state index contributed by atoms with van der Waals surface area (Å²) >= 11 is 0. The van der Waals surface area contributed by atoms with Crippen LogP contribution in [0.2, 0.25) is 0 Å². The predicted octanol–water partition coefficient (Wildman–Crippen LogP) is 2.44. The number of hydrogen-bond donors (Lipinski definition) is 2. The number of hydrazine groups is 1. The Labute approximate surface area is 82.2 Å². The van der Waals surface area contributed by atoms with Gasteiger partial charge in [-0.25, -0.2) is 0 Å². The Kier molecular flexibility index (Phi) is 3.74. The standard InChI is InChI=1S/C11H24N2/c1-11(2,3)10(13-12)9-7-5-4-6-8-9/h9-10,13H,4-8,12H2,1-3H3. The first-order chi connectivity index (χ1) is 6.05. The third-order valence-electron chi connectivity index (χ3n) is 3.23. The van der Waals surface area contributed by atoms with Gasteiger partial charge in [-0.3, -0.25) is 11.3 Å². The summed E-state index contributed by atoms with van der Waals surface area (Å²) in [6, 6.07) is 0.479. The molecule has 1 unspecified atom stereocenters. The molecule has 2 nitrogen and oxygen atoms in total. The molecule has 0 aromatic carbocycles. The molecule has 1 fully saturated rings. The van der Waals surface area contributed by atoms with Crippen LogP contribution in [0.15, 0.2) is 0 Å². The van der Waals surface area contributed by atoms with Gasteiger partial charge in [-0.05, 0) is 24.2 Å². The molecule has 1 saturated carbocycles. The first-order valence-electron chi connectivity index (χ1n) is 5.52. The van der Waals surface area contributed by atoms with Crippen molar-refractivity contribution in [2.75, 3.05) is 0 Å². The van der Waals surface area contributed by atoms with E-state index >= 15 is 0 Å². The zero-order chi connectivity index (χ0) is 9.90. The van der Waals surface area contributed by atoms with Gasteiger partial charge in [-0.1, -0.05) is 40.0 Å². The maximum atomic E-state index is 5.64. The van der Waals surface area contributed by atoms with Gasteiger partial charge in [0, 0.05) is 6.04 Å². The maximum Gasteiger partial charge on any atom is 0.0287 e. The van der Waals surface area contributed by atoms with Crippen LogP contribution < -0.4 is 11.3 Å². The maximum absolute atomic E-state index is 5.64. The minimum Gasteiger partial charge on any atom is -0.271 e. The van der Waals surface area contributed by atoms with Crippen LogP contribution in [0.3, 0.4) is 0 Å². The second-order valence-electron chi connectivity index (χ2n) is 5.41. The van der Waals surface area contributed by atoms with Crippen LogP contribution >= 0.6 is 0 Å². The Morgan fingerprint density at radius 2 is 1.69 bits per heavy atom. The first kappa shape index (κ1) is 11.0. The molecule has 2 heteroatoms. The van der Waals surface area contributed by atoms with Crippen molar-refractivity contribution in [3.63, 3.8) is 0 Å². The summed E-state index contributed by atoms with van der Waals surface area (Å²) in [5.41, 5.74) is 3.30. The van der Waals surface area contributed by atoms with Gasteiger partial charge in [0.05, 0.1) is 0 Å². The van der Waals surface area contributed by atoms with Gasteiger partial charge in [0.25, 0.3) is 0 Å². The van der Waals surface area contributed by atoms with E-state index in [0.29, 0.717) is 6.04 Å². The zero-order valence-corrected chi connectivity index (χ0v) is 9.27. The molecule has 1 atom stereocenters. The zero-order valence-electron chi connectivity index (χ0n) is 9.27. The highest BCUT2D eigenvalue weighted by atomic mass is 15.2. The Morgan fingerprint density at radius 3 is 2.08 bits per heavy atom. The van der Waals surface area contributed by atoms with Crippen molar-refractivity contribution in [3.05, 3.63) is 0 Å². The molecule has 0 bridgehead atoms. The highest BCUT2D eigenvalue weighted by Crippen LogP contribution is 2.34. The molecular formula is C11H24N2. The fourth-order valence-electron chi connectivity index (χ4n) is 2.56. The summed E-state index contributed by atoms with van der Waals surface area (Å²) < 4.78 is 0. The summed E-state index contributed by atoms with van der Waals surface area (Å²) in [6.45, 7) is 6.81. The Hall–Kier alpha value is -0.0800. The SMILES string of the molecule is CC(C)(C)C(NN)C1CCCCC1. The molecule has 0 spiro atoms. The monoisotopic (exact) mass is 184 g/mol. The number of nitrogens with one attached hydrogen (secondary N) is 1. The summed E-state index contributed by atoms with van der Waals surface area (Å²) in [5, 5.41) is 0. The molecule has 0 saturated heterocycles. The average Bonchev–Trinajstić information content (AvgIpc) is 2.05. The van der Waals surface area contributed by atoms with Crippen LogP contribution in [0.5, 0.6) is 0 Å². The second-order valence-corrected chi connectivity index (χ2v) is 5.41. The Balaban J connectivity index is 2.54. The summed E-state index contributed by atoms with van der Waals surface area (Å²) in [7, 11) is 0. The molecule has 0 aromatic rings. The minimum absolute atomic E-state index is 0.288. The molecule has 1 aliphatic carbocycles. The van der Waals surface area contributed by atoms with E-state index in [9.17, 15) is 0 Å². The third-order valence-corrected chi connectivity index (χ3v) is 3.23. The molecule has 1 aliphatic rings. The molecule has 3 N–H and O–H groups in total. The lowest BCUT2D eigenvalue weighted by Crippen LogP contribution is -2.49. The van der Waals surface area contributed by atoms with E-state index in [1.807, 2.05) is 0 Å². The van der Waals surface area contributed by atoms with E-state index in [4.69, 9.17) is 5.84 Å². The molecule has 0 aliphatic heterocycles. The summed E-state index contributed by atoms with van der Waals surface area (Å²) in [4.78, 5) is 0. The molecule has 0 aromatic heterocycles. The smallest absolute Gasteiger partial charge is 0.0287 e. The molecule has 78 valence electrons. The van der Waals surface area contributed by atoms with Crippen molar-refractivity contribution in [1.29, 1.82) is 0 Å². The van der Waals surface area contributed by atoms with Crippen LogP contribution in [-0.4, -0.2) is 6.04 Å². The number of nitrogens with two attached hydrogens (primary N) is 1. The van der Waals surface area contributed by atoms with Crippen LogP contribution in [-0.2, 0) is 0 Å². The van der Waals surface area contributed by atoms with Crippen molar-refractivity contribution >= 4 is 0 Å². The van der Waals surface area contributed by atoms with E-state index in [2.05, 4.69) is 26.2 Å². The van der Waals surface area contributed by atoms with Gasteiger partial charge >= 0.3 is 0 Å². The van der Waals surface area contributed by atoms with E-state index in [1.54, 1.807) is 0 Å². The van der Waals surface area contributed by atoms with Crippen molar-refractivity contribution in [3.8, 4) is 0 Å². The topological polar surface area (TPSA) is 38.0 Å². The van der Waals surface area contributed by atoms with Crippen molar-refractivity contribution in [1.82, 2.24) is 5.43 Å². The van der Waals surface area contributed by atoms with E-state index in [0.717, 1.165) is 5.92 Å². The van der Waals surface area contributed by atoms with E-state index in [1.165, 1.54) is 32.1 Å². The molecule has 0 heterocycles. The highest BCUT2D eigenvalue weighted by molar-refractivity contribution is 4.86. The van der Waals surface area contributed by atoms with Crippen LogP contribution in [0, 0.1) is 11.3 Å². The molecule has 1 rings (SSSR count). The number of hydrogen-bond acceptors (Lipinski definition) is 2. The Bertz CT molecular complexity index is 143. The van der Waals surface area contributed by atoms with Crippen LogP contribution in [0.4, 0.5) is 0 Å². The lowest BCUT2D eigenvalue weighted by Gasteiger charge is -2.38. The van der Waals surface area contributed by atoms with E-state index in [-0.39, 0.29) is 5.41 Å². The predicted molar refractivity (Wildman–Crippen MR) is 57.1 cm³/mol. The van der Waals surface area contributed by atoms with E-state index < -0.39 is 0 Å². The summed E-state index contributed by atoms with van der Waals surface area (Å²) in [5.74, 6) is 6.43. The normalized spacial score (nSPS) is 23.1. The van der Waals surface area contributed by atoms with Crippen molar-refractivity contribution in [2.24, 2.45) is 17.2 Å². The fraction of sp³-hybridized carbons (Fsp3) is 1.00. The lowest BCUT2D eigenvalue weighted by molar-refractivity contribution is 0.158. The highest BCUT2D eigenvalue weighted by Gasteiger charge is 2.31. The second kappa shape index (κ2) is 4.43. The number of rotatable bonds is 2. The summed E-state index contributed by atoms with van der Waals surface area (Å²) in [6.07, 6.45) is 6.90. The average molecular weight is 184 g/mol. The Morgan fingerprint density at radius 1 is 1.15 bits per heavy atom. The first-order valence-corrected chi connectivity index (χ1v) is 5.52. The molecular weight excluding hydrogens is 160 g/mol. The fourth-order valence-corrected chi connectivity index (χ4v) is 2.56. The minimum atomic E-state index is 0.288. The van der Waals surface area contributed by atoms with Gasteiger partial charge < -0.3 is 0 Å². The van der Waals surface area contributed by atoms with Crippen molar-refractivity contribution < 1.29 is 0 Å². The van der Waals surface area contributed by atoms with Crippen LogP contribution in [0.25, 0.3) is 0 Å². The molecule has 0 amide bonds. The van der Waals surface area contributed by atoms with Gasteiger partial charge in [-0.15, -0.1) is 0 Å². The molecule has 0 radical (unpaired) electrons. The third kappa shape index (κ3) is 2.96. The molecule has 13 heavy (non-hydrogen) atoms. The van der Waals surface area contributed by atoms with Gasteiger partial charge in [0.1, 0.15) is 0 Å². The quantitative estimate of drug-likeness (QED) is 0.511. The lowest BCUT2D eigenvalue weighted by atomic mass is 9.73. The largest absolute Gasteiger partial charge is 0.271 e. The van der Waals surface area contributed by atoms with Crippen LogP contribution in [0.1, 0.15) is 52.9 Å². The van der Waals surface area contributed by atoms with Crippen molar-refractivity contribution in [2.45, 2.75) is 58.9 Å².